The number of carbonyl (C=O) groups excluding carboxylic acids is 1. The van der Waals surface area contributed by atoms with Crippen molar-refractivity contribution in [3.63, 3.8) is 0 Å². The number of benzene rings is 2. The molecule has 4 nitrogen and oxygen atoms in total. The van der Waals surface area contributed by atoms with Crippen LogP contribution >= 0.6 is 0 Å². The van der Waals surface area contributed by atoms with E-state index >= 15 is 0 Å². The molecule has 2 aromatic carbocycles. The molecule has 0 saturated carbocycles. The average Bonchev–Trinajstić information content (AvgIpc) is 2.65. The van der Waals surface area contributed by atoms with Crippen molar-refractivity contribution in [3.8, 4) is 5.75 Å². The molecular weight excluding hydrogens is 380 g/mol. The van der Waals surface area contributed by atoms with Crippen molar-refractivity contribution in [2.45, 2.75) is 26.1 Å². The first kappa shape index (κ1) is 20.3. The number of hydrogen-bond donors (Lipinski definition) is 0. The molecule has 1 heterocycles. The van der Waals surface area contributed by atoms with Gasteiger partial charge in [0.2, 0.25) is 0 Å². The summed E-state index contributed by atoms with van der Waals surface area (Å²) < 4.78 is 70.6. The molecule has 0 aromatic heterocycles. The van der Waals surface area contributed by atoms with E-state index in [2.05, 4.69) is 0 Å². The van der Waals surface area contributed by atoms with E-state index in [0.29, 0.717) is 19.3 Å². The second kappa shape index (κ2) is 8.70. The SMILES string of the molecule is CCCC1COC(c2cc(F)c(C(=O)Oc3ccc(F)c(F)c3)c(F)c2)OC1. The fraction of sp³-hybridized carbons (Fsp3) is 0.350. The van der Waals surface area contributed by atoms with Crippen LogP contribution in [0.1, 0.15) is 42.0 Å². The van der Waals surface area contributed by atoms with Gasteiger partial charge in [-0.05, 0) is 30.7 Å². The topological polar surface area (TPSA) is 44.8 Å². The Labute approximate surface area is 159 Å². The summed E-state index contributed by atoms with van der Waals surface area (Å²) in [7, 11) is 0. The van der Waals surface area contributed by atoms with Crippen LogP contribution in [-0.2, 0) is 9.47 Å². The summed E-state index contributed by atoms with van der Waals surface area (Å²) in [6.07, 6.45) is 0.956. The van der Waals surface area contributed by atoms with Gasteiger partial charge in [-0.15, -0.1) is 0 Å². The second-order valence-electron chi connectivity index (χ2n) is 6.48. The molecule has 150 valence electrons. The Morgan fingerprint density at radius 1 is 1.00 bits per heavy atom. The lowest BCUT2D eigenvalue weighted by molar-refractivity contribution is -0.206. The summed E-state index contributed by atoms with van der Waals surface area (Å²) in [5.74, 6) is -6.28. The number of rotatable bonds is 5. The lowest BCUT2D eigenvalue weighted by atomic mass is 10.0. The van der Waals surface area contributed by atoms with Gasteiger partial charge >= 0.3 is 5.97 Å². The Morgan fingerprint density at radius 2 is 1.64 bits per heavy atom. The minimum atomic E-state index is -1.37. The standard InChI is InChI=1S/C20H18F4O4/c1-2-3-11-9-26-20(27-10-11)12-6-16(23)18(17(24)7-12)19(25)28-13-4-5-14(21)15(22)8-13/h4-8,11,20H,2-3,9-10H2,1H3. The van der Waals surface area contributed by atoms with E-state index in [1.54, 1.807) is 0 Å². The first-order valence-electron chi connectivity index (χ1n) is 8.78. The van der Waals surface area contributed by atoms with Crippen molar-refractivity contribution in [1.29, 1.82) is 0 Å². The highest BCUT2D eigenvalue weighted by Gasteiger charge is 2.27. The zero-order valence-corrected chi connectivity index (χ0v) is 15.0. The lowest BCUT2D eigenvalue weighted by Gasteiger charge is -2.29. The molecule has 0 aliphatic carbocycles. The van der Waals surface area contributed by atoms with E-state index in [1.165, 1.54) is 0 Å². The Bertz CT molecular complexity index is 840. The van der Waals surface area contributed by atoms with Gasteiger partial charge in [-0.25, -0.2) is 22.4 Å². The minimum absolute atomic E-state index is 0.0920. The third kappa shape index (κ3) is 4.51. The highest BCUT2D eigenvalue weighted by Crippen LogP contribution is 2.29. The summed E-state index contributed by atoms with van der Waals surface area (Å²) >= 11 is 0. The van der Waals surface area contributed by atoms with Crippen LogP contribution in [-0.4, -0.2) is 19.2 Å². The number of halogens is 4. The number of esters is 1. The summed E-state index contributed by atoms with van der Waals surface area (Å²) in [6, 6.07) is 4.16. The molecule has 0 atom stereocenters. The fourth-order valence-electron chi connectivity index (χ4n) is 2.93. The van der Waals surface area contributed by atoms with Crippen molar-refractivity contribution in [2.75, 3.05) is 13.2 Å². The molecular formula is C20H18F4O4. The molecule has 0 unspecified atom stereocenters. The molecule has 1 fully saturated rings. The van der Waals surface area contributed by atoms with E-state index in [1.807, 2.05) is 6.92 Å². The van der Waals surface area contributed by atoms with Crippen LogP contribution in [0, 0.1) is 29.2 Å². The van der Waals surface area contributed by atoms with Gasteiger partial charge in [0.1, 0.15) is 22.9 Å². The van der Waals surface area contributed by atoms with Gasteiger partial charge in [-0.3, -0.25) is 0 Å². The van der Waals surface area contributed by atoms with Crippen LogP contribution in [0.3, 0.4) is 0 Å². The van der Waals surface area contributed by atoms with E-state index in [9.17, 15) is 22.4 Å². The molecule has 1 aliphatic heterocycles. The smallest absolute Gasteiger partial charge is 0.349 e. The van der Waals surface area contributed by atoms with Crippen molar-refractivity contribution in [2.24, 2.45) is 5.92 Å². The third-order valence-corrected chi connectivity index (χ3v) is 4.31. The highest BCUT2D eigenvalue weighted by atomic mass is 19.2. The zero-order valence-electron chi connectivity index (χ0n) is 15.0. The predicted molar refractivity (Wildman–Crippen MR) is 90.7 cm³/mol. The van der Waals surface area contributed by atoms with Gasteiger partial charge in [0.05, 0.1) is 13.2 Å². The van der Waals surface area contributed by atoms with Crippen molar-refractivity contribution < 1.29 is 36.6 Å². The van der Waals surface area contributed by atoms with E-state index in [4.69, 9.17) is 14.2 Å². The van der Waals surface area contributed by atoms with Crippen LogP contribution in [0.15, 0.2) is 30.3 Å². The van der Waals surface area contributed by atoms with Gasteiger partial charge in [-0.1, -0.05) is 13.3 Å². The maximum absolute atomic E-state index is 14.4. The summed E-state index contributed by atoms with van der Waals surface area (Å²) in [6.45, 7) is 2.85. The fourth-order valence-corrected chi connectivity index (χ4v) is 2.93. The minimum Gasteiger partial charge on any atom is -0.423 e. The lowest BCUT2D eigenvalue weighted by Crippen LogP contribution is -2.27. The Kier molecular flexibility index (Phi) is 6.31. The summed E-state index contributed by atoms with van der Waals surface area (Å²) in [5, 5.41) is 0. The van der Waals surface area contributed by atoms with Gasteiger partial charge in [0.15, 0.2) is 17.9 Å². The maximum atomic E-state index is 14.4. The number of carbonyl (C=O) groups is 1. The normalized spacial score (nSPS) is 19.5. The molecule has 0 spiro atoms. The molecule has 1 aliphatic rings. The van der Waals surface area contributed by atoms with Gasteiger partial charge in [-0.2, -0.15) is 0 Å². The van der Waals surface area contributed by atoms with Crippen molar-refractivity contribution >= 4 is 5.97 Å². The van der Waals surface area contributed by atoms with Crippen LogP contribution in [0.2, 0.25) is 0 Å². The molecule has 0 bridgehead atoms. The molecule has 3 rings (SSSR count). The van der Waals surface area contributed by atoms with E-state index in [0.717, 1.165) is 37.1 Å². The highest BCUT2D eigenvalue weighted by molar-refractivity contribution is 5.91. The molecule has 1 saturated heterocycles. The number of ether oxygens (including phenoxy) is 3. The zero-order chi connectivity index (χ0) is 20.3. The van der Waals surface area contributed by atoms with Crippen LogP contribution < -0.4 is 4.74 Å². The maximum Gasteiger partial charge on any atom is 0.349 e. The van der Waals surface area contributed by atoms with Crippen LogP contribution in [0.4, 0.5) is 17.6 Å². The van der Waals surface area contributed by atoms with Gasteiger partial charge < -0.3 is 14.2 Å². The molecule has 28 heavy (non-hydrogen) atoms. The first-order valence-corrected chi connectivity index (χ1v) is 8.78. The van der Waals surface area contributed by atoms with Crippen molar-refractivity contribution in [1.82, 2.24) is 0 Å². The Morgan fingerprint density at radius 3 is 2.21 bits per heavy atom. The Hall–Kier alpha value is -2.45. The summed E-state index contributed by atoms with van der Waals surface area (Å²) in [4.78, 5) is 12.1. The van der Waals surface area contributed by atoms with E-state index in [-0.39, 0.29) is 17.2 Å². The quantitative estimate of drug-likeness (QED) is 0.407. The van der Waals surface area contributed by atoms with Gasteiger partial charge in [0.25, 0.3) is 0 Å². The molecule has 0 radical (unpaired) electrons. The van der Waals surface area contributed by atoms with Crippen molar-refractivity contribution in [3.05, 3.63) is 64.7 Å². The van der Waals surface area contributed by atoms with E-state index < -0.39 is 41.1 Å². The molecule has 0 amide bonds. The predicted octanol–water partition coefficient (Wildman–Crippen LogP) is 4.92. The number of hydrogen-bond acceptors (Lipinski definition) is 4. The Balaban J connectivity index is 1.74. The van der Waals surface area contributed by atoms with Crippen LogP contribution in [0.25, 0.3) is 0 Å². The molecule has 2 aromatic rings. The van der Waals surface area contributed by atoms with Gasteiger partial charge in [0, 0.05) is 17.5 Å². The molecule has 8 heteroatoms. The van der Waals surface area contributed by atoms with Crippen LogP contribution in [0.5, 0.6) is 5.75 Å². The first-order chi connectivity index (χ1) is 13.4. The average molecular weight is 398 g/mol. The monoisotopic (exact) mass is 398 g/mol. The molecule has 0 N–H and O–H groups in total. The second-order valence-corrected chi connectivity index (χ2v) is 6.48. The third-order valence-electron chi connectivity index (χ3n) is 4.31. The summed E-state index contributed by atoms with van der Waals surface area (Å²) in [5.41, 5.74) is -0.859. The largest absolute Gasteiger partial charge is 0.423 e.